The Balaban J connectivity index is 1.63. The molecule has 3 aliphatic heterocycles. The molecule has 2 fully saturated rings. The van der Waals surface area contributed by atoms with Gasteiger partial charge < -0.3 is 5.32 Å². The Bertz CT molecular complexity index is 702. The molecule has 0 aromatic carbocycles. The molecule has 0 aromatic rings. The molecule has 3 amide bonds. The fourth-order valence-electron chi connectivity index (χ4n) is 3.06. The van der Waals surface area contributed by atoms with Crippen LogP contribution >= 0.6 is 0 Å². The van der Waals surface area contributed by atoms with Crippen LogP contribution in [0.2, 0.25) is 0 Å². The van der Waals surface area contributed by atoms with Gasteiger partial charge in [-0.3, -0.25) is 9.69 Å². The summed E-state index contributed by atoms with van der Waals surface area (Å²) in [6.45, 7) is 0.205. The zero-order valence-corrected chi connectivity index (χ0v) is 13.4. The lowest BCUT2D eigenvalue weighted by Crippen LogP contribution is -2.52. The lowest BCUT2D eigenvalue weighted by Gasteiger charge is -2.30. The van der Waals surface area contributed by atoms with Gasteiger partial charge in [-0.2, -0.15) is 10.2 Å². The number of amides is 3. The zero-order chi connectivity index (χ0) is 16.7. The second-order valence-electron chi connectivity index (χ2n) is 6.26. The second kappa shape index (κ2) is 5.30. The molecule has 23 heavy (non-hydrogen) atoms. The van der Waals surface area contributed by atoms with Gasteiger partial charge in [0, 0.05) is 25.8 Å². The molecular formula is C14H18N4O4S. The van der Waals surface area contributed by atoms with Gasteiger partial charge in [0.1, 0.15) is 5.54 Å². The highest BCUT2D eigenvalue weighted by atomic mass is 32.2. The van der Waals surface area contributed by atoms with Crippen LogP contribution in [-0.2, 0) is 14.6 Å². The number of carbonyl (C=O) groups is 2. The third-order valence-corrected chi connectivity index (χ3v) is 6.37. The molecule has 1 spiro atoms. The van der Waals surface area contributed by atoms with Crippen molar-refractivity contribution in [2.45, 2.75) is 43.3 Å². The first-order valence-electron chi connectivity index (χ1n) is 7.54. The van der Waals surface area contributed by atoms with Crippen molar-refractivity contribution in [3.05, 3.63) is 0 Å². The highest BCUT2D eigenvalue weighted by molar-refractivity contribution is 7.91. The molecule has 0 radical (unpaired) electrons. The number of hydrogen-bond donors (Lipinski definition) is 1. The number of terminal acetylenes is 1. The molecule has 0 unspecified atom stereocenters. The van der Waals surface area contributed by atoms with Gasteiger partial charge in [0.2, 0.25) is 0 Å². The number of urea groups is 1. The quantitative estimate of drug-likeness (QED) is 0.580. The first-order valence-corrected chi connectivity index (χ1v) is 9.36. The smallest absolute Gasteiger partial charge is 0.323 e. The Morgan fingerprint density at radius 2 is 1.87 bits per heavy atom. The van der Waals surface area contributed by atoms with Crippen LogP contribution in [0.15, 0.2) is 10.2 Å². The van der Waals surface area contributed by atoms with E-state index < -0.39 is 27.1 Å². The van der Waals surface area contributed by atoms with Crippen molar-refractivity contribution in [2.24, 2.45) is 10.2 Å². The van der Waals surface area contributed by atoms with E-state index in [9.17, 15) is 18.0 Å². The van der Waals surface area contributed by atoms with Crippen LogP contribution in [0.3, 0.4) is 0 Å². The molecule has 0 bridgehead atoms. The first kappa shape index (κ1) is 15.9. The highest BCUT2D eigenvalue weighted by Gasteiger charge is 2.54. The average molecular weight is 338 g/mol. The summed E-state index contributed by atoms with van der Waals surface area (Å²) in [5.74, 6) is 2.02. The van der Waals surface area contributed by atoms with Gasteiger partial charge in [0.05, 0.1) is 11.5 Å². The molecule has 3 rings (SSSR count). The highest BCUT2D eigenvalue weighted by Crippen LogP contribution is 2.38. The maximum absolute atomic E-state index is 12.6. The number of nitrogens with one attached hydrogen (secondary N) is 1. The van der Waals surface area contributed by atoms with Crippen LogP contribution in [-0.4, -0.2) is 54.5 Å². The largest absolute Gasteiger partial charge is 0.325 e. The lowest BCUT2D eigenvalue weighted by atomic mass is 9.92. The normalized spacial score (nSPS) is 26.1. The molecular weight excluding hydrogens is 320 g/mol. The molecule has 124 valence electrons. The molecule has 8 nitrogen and oxygen atoms in total. The molecule has 1 N–H and O–H groups in total. The summed E-state index contributed by atoms with van der Waals surface area (Å²) >= 11 is 0. The van der Waals surface area contributed by atoms with Gasteiger partial charge in [-0.05, 0) is 12.8 Å². The Morgan fingerprint density at radius 1 is 1.22 bits per heavy atom. The van der Waals surface area contributed by atoms with Crippen LogP contribution < -0.4 is 5.32 Å². The van der Waals surface area contributed by atoms with Crippen LogP contribution in [0.4, 0.5) is 4.79 Å². The Labute approximate surface area is 134 Å². The molecule has 0 aromatic heterocycles. The van der Waals surface area contributed by atoms with Gasteiger partial charge in [0.25, 0.3) is 5.91 Å². The van der Waals surface area contributed by atoms with Crippen molar-refractivity contribution in [3.63, 3.8) is 0 Å². The number of carbonyl (C=O) groups excluding carboxylic acids is 2. The Hall–Kier alpha value is -1.95. The minimum atomic E-state index is -3.11. The van der Waals surface area contributed by atoms with Crippen LogP contribution in [0.5, 0.6) is 0 Å². The predicted molar refractivity (Wildman–Crippen MR) is 81.1 cm³/mol. The number of hydrogen-bond acceptors (Lipinski definition) is 6. The summed E-state index contributed by atoms with van der Waals surface area (Å²) in [6.07, 6.45) is 7.09. The van der Waals surface area contributed by atoms with Crippen molar-refractivity contribution in [1.82, 2.24) is 10.2 Å². The number of rotatable bonds is 5. The average Bonchev–Trinajstić information content (AvgIpc) is 3.23. The molecule has 3 heterocycles. The van der Waals surface area contributed by atoms with Crippen molar-refractivity contribution in [3.8, 4) is 12.3 Å². The summed E-state index contributed by atoms with van der Waals surface area (Å²) in [5.41, 5.74) is -1.62. The third-order valence-electron chi connectivity index (χ3n) is 4.71. The van der Waals surface area contributed by atoms with Gasteiger partial charge in [0.15, 0.2) is 15.5 Å². The predicted octanol–water partition coefficient (Wildman–Crippen LogP) is 0.451. The van der Waals surface area contributed by atoms with E-state index in [0.717, 1.165) is 4.90 Å². The van der Waals surface area contributed by atoms with Crippen molar-refractivity contribution in [2.75, 3.05) is 18.1 Å². The van der Waals surface area contributed by atoms with Gasteiger partial charge >= 0.3 is 6.03 Å². The number of imide groups is 1. The lowest BCUT2D eigenvalue weighted by molar-refractivity contribution is -0.131. The van der Waals surface area contributed by atoms with Crippen molar-refractivity contribution < 1.29 is 18.0 Å². The fourth-order valence-corrected chi connectivity index (χ4v) is 4.59. The SMILES string of the molecule is C#CCCC1(CCN2C(=O)NC3(CCS(=O)(=O)CC3)C2=O)N=N1. The minimum absolute atomic E-state index is 0.0797. The maximum Gasteiger partial charge on any atom is 0.325 e. The van der Waals surface area contributed by atoms with Crippen LogP contribution in [0, 0.1) is 12.3 Å². The standard InChI is InChI=1S/C14H18N4O4S/c1-2-3-4-14(16-17-14)5-8-18-11(19)13(15-12(18)20)6-9-23(21,22)10-7-13/h1H,3-10H2,(H,15,20). The topological polar surface area (TPSA) is 108 Å². The molecule has 0 atom stereocenters. The van der Waals surface area contributed by atoms with E-state index in [1.54, 1.807) is 0 Å². The van der Waals surface area contributed by atoms with Crippen LogP contribution in [0.1, 0.15) is 32.1 Å². The molecule has 9 heteroatoms. The third kappa shape index (κ3) is 2.95. The van der Waals surface area contributed by atoms with Gasteiger partial charge in [-0.25, -0.2) is 13.2 Å². The Morgan fingerprint density at radius 3 is 2.43 bits per heavy atom. The van der Waals surface area contributed by atoms with E-state index >= 15 is 0 Å². The molecule has 3 aliphatic rings. The Kier molecular flexibility index (Phi) is 3.67. The molecule has 0 aliphatic carbocycles. The number of sulfone groups is 1. The van der Waals surface area contributed by atoms with E-state index in [-0.39, 0.29) is 36.8 Å². The van der Waals surface area contributed by atoms with E-state index in [4.69, 9.17) is 6.42 Å². The van der Waals surface area contributed by atoms with E-state index in [1.807, 2.05) is 0 Å². The van der Waals surface area contributed by atoms with E-state index in [1.165, 1.54) is 0 Å². The first-order chi connectivity index (χ1) is 10.8. The fraction of sp³-hybridized carbons (Fsp3) is 0.714. The molecule has 0 saturated carbocycles. The summed E-state index contributed by atoms with van der Waals surface area (Å²) in [7, 11) is -3.11. The second-order valence-corrected chi connectivity index (χ2v) is 8.56. The van der Waals surface area contributed by atoms with E-state index in [2.05, 4.69) is 21.5 Å². The minimum Gasteiger partial charge on any atom is -0.323 e. The van der Waals surface area contributed by atoms with Crippen molar-refractivity contribution in [1.29, 1.82) is 0 Å². The van der Waals surface area contributed by atoms with E-state index in [0.29, 0.717) is 19.3 Å². The summed E-state index contributed by atoms with van der Waals surface area (Å²) in [6, 6.07) is -0.470. The molecule has 2 saturated heterocycles. The van der Waals surface area contributed by atoms with Crippen molar-refractivity contribution >= 4 is 21.8 Å². The zero-order valence-electron chi connectivity index (χ0n) is 12.6. The number of nitrogens with zero attached hydrogens (tertiary/aromatic N) is 3. The van der Waals surface area contributed by atoms with Crippen LogP contribution in [0.25, 0.3) is 0 Å². The monoisotopic (exact) mass is 338 g/mol. The van der Waals surface area contributed by atoms with Gasteiger partial charge in [-0.15, -0.1) is 12.3 Å². The summed E-state index contributed by atoms with van der Waals surface area (Å²) in [5, 5.41) is 10.7. The summed E-state index contributed by atoms with van der Waals surface area (Å²) < 4.78 is 23.1. The van der Waals surface area contributed by atoms with Gasteiger partial charge in [-0.1, -0.05) is 0 Å². The maximum atomic E-state index is 12.6. The summed E-state index contributed by atoms with van der Waals surface area (Å²) in [4.78, 5) is 25.9.